The van der Waals surface area contributed by atoms with Gasteiger partial charge in [-0.2, -0.15) is 5.10 Å². The van der Waals surface area contributed by atoms with Gasteiger partial charge >= 0.3 is 0 Å². The molecule has 0 atom stereocenters. The third kappa shape index (κ3) is 4.41. The van der Waals surface area contributed by atoms with E-state index in [1.165, 1.54) is 12.1 Å². The Bertz CT molecular complexity index is 1090. The second-order valence-electron chi connectivity index (χ2n) is 6.66. The van der Waals surface area contributed by atoms with Crippen molar-refractivity contribution in [2.24, 2.45) is 0 Å². The molecular formula is C24H20FN3O. The zero-order valence-electron chi connectivity index (χ0n) is 15.8. The summed E-state index contributed by atoms with van der Waals surface area (Å²) in [5, 5.41) is 7.61. The van der Waals surface area contributed by atoms with E-state index in [9.17, 15) is 9.18 Å². The summed E-state index contributed by atoms with van der Waals surface area (Å²) in [5.74, 6) is -0.469. The van der Waals surface area contributed by atoms with Gasteiger partial charge < -0.3 is 5.32 Å². The Morgan fingerprint density at radius 3 is 2.24 bits per heavy atom. The molecule has 3 aromatic carbocycles. The van der Waals surface area contributed by atoms with E-state index in [4.69, 9.17) is 0 Å². The van der Waals surface area contributed by atoms with Crippen LogP contribution in [0.25, 0.3) is 16.9 Å². The van der Waals surface area contributed by atoms with E-state index in [1.807, 2.05) is 60.7 Å². The van der Waals surface area contributed by atoms with E-state index in [0.717, 1.165) is 22.5 Å². The third-order valence-corrected chi connectivity index (χ3v) is 4.62. The van der Waals surface area contributed by atoms with Gasteiger partial charge in [0.1, 0.15) is 11.5 Å². The number of hydrogen-bond donors (Lipinski definition) is 1. The topological polar surface area (TPSA) is 46.9 Å². The number of nitrogens with zero attached hydrogens (tertiary/aromatic N) is 2. The predicted molar refractivity (Wildman–Crippen MR) is 111 cm³/mol. The molecule has 0 radical (unpaired) electrons. The summed E-state index contributed by atoms with van der Waals surface area (Å²) in [6.45, 7) is 0.450. The number of benzene rings is 3. The van der Waals surface area contributed by atoms with Crippen molar-refractivity contribution in [2.75, 3.05) is 6.54 Å². The van der Waals surface area contributed by atoms with Crippen molar-refractivity contribution in [3.8, 4) is 16.9 Å². The molecule has 0 fully saturated rings. The molecule has 4 rings (SSSR count). The van der Waals surface area contributed by atoms with E-state index >= 15 is 0 Å². The molecule has 0 bridgehead atoms. The van der Waals surface area contributed by atoms with Gasteiger partial charge in [-0.15, -0.1) is 0 Å². The van der Waals surface area contributed by atoms with Crippen molar-refractivity contribution in [3.05, 3.63) is 108 Å². The molecule has 0 aliphatic rings. The van der Waals surface area contributed by atoms with Crippen LogP contribution in [0.2, 0.25) is 0 Å². The first kappa shape index (κ1) is 18.6. The Morgan fingerprint density at radius 1 is 0.897 bits per heavy atom. The second kappa shape index (κ2) is 8.52. The Kier molecular flexibility index (Phi) is 5.47. The number of nitrogens with one attached hydrogen (secondary N) is 1. The molecule has 0 aliphatic heterocycles. The number of hydrogen-bond acceptors (Lipinski definition) is 2. The molecule has 0 aliphatic carbocycles. The quantitative estimate of drug-likeness (QED) is 0.525. The molecule has 1 N–H and O–H groups in total. The van der Waals surface area contributed by atoms with Crippen LogP contribution in [0, 0.1) is 5.82 Å². The van der Waals surface area contributed by atoms with E-state index < -0.39 is 0 Å². The zero-order valence-corrected chi connectivity index (χ0v) is 15.8. The molecule has 1 aromatic heterocycles. The van der Waals surface area contributed by atoms with Crippen molar-refractivity contribution >= 4 is 5.91 Å². The first-order valence-electron chi connectivity index (χ1n) is 9.44. The maximum atomic E-state index is 13.0. The Hall–Kier alpha value is -3.73. The standard InChI is InChI=1S/C24H20FN3O/c25-20-13-11-18(12-14-20)15-16-26-24(29)23-17-22(19-7-3-1-4-8-19)27-28(23)21-9-5-2-6-10-21/h1-14,17H,15-16H2,(H,26,29). The Morgan fingerprint density at radius 2 is 1.55 bits per heavy atom. The Labute approximate surface area is 168 Å². The fraction of sp³-hybridized carbons (Fsp3) is 0.0833. The van der Waals surface area contributed by atoms with Crippen LogP contribution in [0.1, 0.15) is 16.1 Å². The molecule has 29 heavy (non-hydrogen) atoms. The highest BCUT2D eigenvalue weighted by Crippen LogP contribution is 2.21. The summed E-state index contributed by atoms with van der Waals surface area (Å²) in [6, 6.07) is 27.4. The van der Waals surface area contributed by atoms with E-state index in [2.05, 4.69) is 10.4 Å². The number of rotatable bonds is 6. The van der Waals surface area contributed by atoms with Crippen LogP contribution in [-0.4, -0.2) is 22.2 Å². The van der Waals surface area contributed by atoms with Gasteiger partial charge in [-0.05, 0) is 42.3 Å². The summed E-state index contributed by atoms with van der Waals surface area (Å²) >= 11 is 0. The van der Waals surface area contributed by atoms with Gasteiger partial charge in [0, 0.05) is 12.1 Å². The summed E-state index contributed by atoms with van der Waals surface area (Å²) in [7, 11) is 0. The van der Waals surface area contributed by atoms with E-state index in [-0.39, 0.29) is 11.7 Å². The second-order valence-corrected chi connectivity index (χ2v) is 6.66. The highest BCUT2D eigenvalue weighted by Gasteiger charge is 2.17. The molecule has 0 saturated carbocycles. The van der Waals surface area contributed by atoms with E-state index in [1.54, 1.807) is 22.9 Å². The van der Waals surface area contributed by atoms with E-state index in [0.29, 0.717) is 18.7 Å². The average Bonchev–Trinajstić information content (AvgIpc) is 3.22. The minimum absolute atomic E-state index is 0.203. The lowest BCUT2D eigenvalue weighted by molar-refractivity contribution is 0.0946. The van der Waals surface area contributed by atoms with Gasteiger partial charge in [-0.25, -0.2) is 9.07 Å². The number of carbonyl (C=O) groups is 1. The zero-order chi connectivity index (χ0) is 20.1. The molecule has 4 nitrogen and oxygen atoms in total. The van der Waals surface area contributed by atoms with Crippen LogP contribution in [0.15, 0.2) is 91.0 Å². The van der Waals surface area contributed by atoms with Crippen LogP contribution >= 0.6 is 0 Å². The number of para-hydroxylation sites is 1. The molecular weight excluding hydrogens is 365 g/mol. The minimum Gasteiger partial charge on any atom is -0.350 e. The van der Waals surface area contributed by atoms with Crippen molar-refractivity contribution in [3.63, 3.8) is 0 Å². The van der Waals surface area contributed by atoms with Crippen molar-refractivity contribution in [1.29, 1.82) is 0 Å². The van der Waals surface area contributed by atoms with Crippen LogP contribution in [0.5, 0.6) is 0 Å². The Balaban J connectivity index is 1.56. The monoisotopic (exact) mass is 385 g/mol. The fourth-order valence-corrected chi connectivity index (χ4v) is 3.12. The van der Waals surface area contributed by atoms with Crippen LogP contribution < -0.4 is 5.32 Å². The highest BCUT2D eigenvalue weighted by molar-refractivity contribution is 5.94. The molecule has 0 unspecified atom stereocenters. The lowest BCUT2D eigenvalue weighted by atomic mass is 10.1. The SMILES string of the molecule is O=C(NCCc1ccc(F)cc1)c1cc(-c2ccccc2)nn1-c1ccccc1. The first-order valence-corrected chi connectivity index (χ1v) is 9.44. The highest BCUT2D eigenvalue weighted by atomic mass is 19.1. The number of aromatic nitrogens is 2. The van der Waals surface area contributed by atoms with Crippen molar-refractivity contribution in [1.82, 2.24) is 15.1 Å². The lowest BCUT2D eigenvalue weighted by Crippen LogP contribution is -2.27. The summed E-state index contributed by atoms with van der Waals surface area (Å²) in [5.41, 5.74) is 3.93. The van der Waals surface area contributed by atoms with Crippen molar-refractivity contribution < 1.29 is 9.18 Å². The number of halogens is 1. The summed E-state index contributed by atoms with van der Waals surface area (Å²) in [4.78, 5) is 12.9. The van der Waals surface area contributed by atoms with Gasteiger partial charge in [-0.3, -0.25) is 4.79 Å². The maximum absolute atomic E-state index is 13.0. The largest absolute Gasteiger partial charge is 0.350 e. The summed E-state index contributed by atoms with van der Waals surface area (Å²) in [6.07, 6.45) is 0.622. The smallest absolute Gasteiger partial charge is 0.270 e. The average molecular weight is 385 g/mol. The molecule has 1 heterocycles. The maximum Gasteiger partial charge on any atom is 0.270 e. The molecule has 1 amide bonds. The summed E-state index contributed by atoms with van der Waals surface area (Å²) < 4.78 is 14.7. The third-order valence-electron chi connectivity index (χ3n) is 4.62. The van der Waals surface area contributed by atoms with Gasteiger partial charge in [-0.1, -0.05) is 60.7 Å². The molecule has 5 heteroatoms. The van der Waals surface area contributed by atoms with Crippen LogP contribution in [-0.2, 0) is 6.42 Å². The van der Waals surface area contributed by atoms with Crippen LogP contribution in [0.4, 0.5) is 4.39 Å². The molecule has 0 saturated heterocycles. The molecule has 144 valence electrons. The number of carbonyl (C=O) groups excluding carboxylic acids is 1. The predicted octanol–water partition coefficient (Wildman–Crippen LogP) is 4.65. The van der Waals surface area contributed by atoms with Gasteiger partial charge in [0.05, 0.1) is 11.4 Å². The molecule has 0 spiro atoms. The van der Waals surface area contributed by atoms with Crippen LogP contribution in [0.3, 0.4) is 0 Å². The van der Waals surface area contributed by atoms with Crippen molar-refractivity contribution in [2.45, 2.75) is 6.42 Å². The number of amides is 1. The van der Waals surface area contributed by atoms with Gasteiger partial charge in [0.15, 0.2) is 0 Å². The lowest BCUT2D eigenvalue weighted by Gasteiger charge is -2.08. The molecule has 4 aromatic rings. The van der Waals surface area contributed by atoms with Gasteiger partial charge in [0.25, 0.3) is 5.91 Å². The first-order chi connectivity index (χ1) is 14.2. The normalized spacial score (nSPS) is 10.7. The van der Waals surface area contributed by atoms with Gasteiger partial charge in [0.2, 0.25) is 0 Å². The minimum atomic E-state index is -0.266. The fourth-order valence-electron chi connectivity index (χ4n) is 3.12.